The number of rotatable bonds is 8. The summed E-state index contributed by atoms with van der Waals surface area (Å²) in [6, 6.07) is 3.42. The smallest absolute Gasteiger partial charge is 0.407 e. The van der Waals surface area contributed by atoms with Crippen LogP contribution < -0.4 is 10.1 Å². The molecule has 0 atom stereocenters. The minimum atomic E-state index is -0.499. The van der Waals surface area contributed by atoms with Crippen LogP contribution in [0.25, 0.3) is 0 Å². The third-order valence-electron chi connectivity index (χ3n) is 2.85. The lowest BCUT2D eigenvalue weighted by Crippen LogP contribution is -2.33. The molecule has 0 aliphatic carbocycles. The first kappa shape index (κ1) is 18.9. The minimum absolute atomic E-state index is 0.0396. The van der Waals surface area contributed by atoms with Gasteiger partial charge in [-0.25, -0.2) is 9.78 Å². The van der Waals surface area contributed by atoms with Gasteiger partial charge in [0, 0.05) is 30.8 Å². The summed E-state index contributed by atoms with van der Waals surface area (Å²) in [5.41, 5.74) is 0.0781. The van der Waals surface area contributed by atoms with E-state index in [-0.39, 0.29) is 5.78 Å². The molecule has 0 saturated heterocycles. The number of hydrogen-bond acceptors (Lipinski definition) is 5. The summed E-state index contributed by atoms with van der Waals surface area (Å²) in [5, 5.41) is 2.67. The highest BCUT2D eigenvalue weighted by molar-refractivity contribution is 5.95. The SMILES string of the molecule is CCOc1ccc(C(=O)CCCCNC(=O)OC(C)(C)C)cn1. The van der Waals surface area contributed by atoms with Crippen LogP contribution in [-0.2, 0) is 4.74 Å². The van der Waals surface area contributed by atoms with Gasteiger partial charge in [0.1, 0.15) is 5.60 Å². The molecule has 0 saturated carbocycles. The van der Waals surface area contributed by atoms with Gasteiger partial charge in [0.15, 0.2) is 5.78 Å². The zero-order valence-corrected chi connectivity index (χ0v) is 14.3. The molecule has 1 N–H and O–H groups in total. The molecule has 23 heavy (non-hydrogen) atoms. The van der Waals surface area contributed by atoms with Crippen LogP contribution in [0.5, 0.6) is 5.88 Å². The van der Waals surface area contributed by atoms with Crippen molar-refractivity contribution >= 4 is 11.9 Å². The maximum absolute atomic E-state index is 12.0. The number of nitrogens with one attached hydrogen (secondary N) is 1. The molecule has 1 heterocycles. The average Bonchev–Trinajstić information content (AvgIpc) is 2.46. The van der Waals surface area contributed by atoms with Crippen LogP contribution in [0.4, 0.5) is 4.79 Å². The highest BCUT2D eigenvalue weighted by Crippen LogP contribution is 2.11. The minimum Gasteiger partial charge on any atom is -0.478 e. The number of ketones is 1. The van der Waals surface area contributed by atoms with Gasteiger partial charge in [-0.1, -0.05) is 0 Å². The van der Waals surface area contributed by atoms with Gasteiger partial charge in [-0.15, -0.1) is 0 Å². The van der Waals surface area contributed by atoms with Crippen molar-refractivity contribution in [2.75, 3.05) is 13.2 Å². The summed E-state index contributed by atoms with van der Waals surface area (Å²) < 4.78 is 10.4. The Balaban J connectivity index is 2.22. The lowest BCUT2D eigenvalue weighted by Gasteiger charge is -2.19. The van der Waals surface area contributed by atoms with Crippen LogP contribution in [0.3, 0.4) is 0 Å². The van der Waals surface area contributed by atoms with Crippen molar-refractivity contribution in [3.8, 4) is 5.88 Å². The van der Waals surface area contributed by atoms with Gasteiger partial charge in [0.25, 0.3) is 0 Å². The molecule has 1 rings (SSSR count). The number of pyridine rings is 1. The van der Waals surface area contributed by atoms with Crippen molar-refractivity contribution in [2.24, 2.45) is 0 Å². The fourth-order valence-corrected chi connectivity index (χ4v) is 1.84. The third kappa shape index (κ3) is 8.18. The predicted octanol–water partition coefficient (Wildman–Crippen LogP) is 3.36. The van der Waals surface area contributed by atoms with Crippen LogP contribution in [-0.4, -0.2) is 35.6 Å². The summed E-state index contributed by atoms with van der Waals surface area (Å²) in [6.45, 7) is 8.36. The van der Waals surface area contributed by atoms with Crippen LogP contribution in [0.15, 0.2) is 18.3 Å². The number of aromatic nitrogens is 1. The van der Waals surface area contributed by atoms with Crippen LogP contribution >= 0.6 is 0 Å². The summed E-state index contributed by atoms with van der Waals surface area (Å²) in [5.74, 6) is 0.559. The first-order valence-electron chi connectivity index (χ1n) is 7.90. The van der Waals surface area contributed by atoms with Gasteiger partial charge in [-0.2, -0.15) is 0 Å². The van der Waals surface area contributed by atoms with Gasteiger partial charge in [-0.3, -0.25) is 4.79 Å². The number of nitrogens with zero attached hydrogens (tertiary/aromatic N) is 1. The number of amides is 1. The Morgan fingerprint density at radius 3 is 2.52 bits per heavy atom. The topological polar surface area (TPSA) is 77.5 Å². The first-order chi connectivity index (χ1) is 10.8. The maximum atomic E-state index is 12.0. The van der Waals surface area contributed by atoms with Gasteiger partial charge in [-0.05, 0) is 46.6 Å². The van der Waals surface area contributed by atoms with E-state index in [1.807, 2.05) is 27.7 Å². The summed E-state index contributed by atoms with van der Waals surface area (Å²) >= 11 is 0. The lowest BCUT2D eigenvalue weighted by molar-refractivity contribution is 0.0527. The van der Waals surface area contributed by atoms with Crippen LogP contribution in [0, 0.1) is 0 Å². The molecule has 0 bridgehead atoms. The molecule has 1 aromatic heterocycles. The lowest BCUT2D eigenvalue weighted by atomic mass is 10.1. The molecule has 0 aromatic carbocycles. The van der Waals surface area contributed by atoms with Crippen molar-refractivity contribution in [3.63, 3.8) is 0 Å². The largest absolute Gasteiger partial charge is 0.478 e. The molecule has 0 aliphatic heterocycles. The van der Waals surface area contributed by atoms with E-state index in [1.54, 1.807) is 12.1 Å². The predicted molar refractivity (Wildman–Crippen MR) is 87.8 cm³/mol. The van der Waals surface area contributed by atoms with E-state index >= 15 is 0 Å². The second-order valence-electron chi connectivity index (χ2n) is 6.13. The second kappa shape index (κ2) is 9.12. The van der Waals surface area contributed by atoms with Crippen molar-refractivity contribution in [3.05, 3.63) is 23.9 Å². The second-order valence-corrected chi connectivity index (χ2v) is 6.13. The number of carbonyl (C=O) groups excluding carboxylic acids is 2. The Hall–Kier alpha value is -2.11. The van der Waals surface area contributed by atoms with E-state index in [0.29, 0.717) is 37.4 Å². The Bertz CT molecular complexity index is 506. The Morgan fingerprint density at radius 1 is 1.22 bits per heavy atom. The number of Topliss-reactive ketones (excluding diaryl/α,β-unsaturated/α-hetero) is 1. The fourth-order valence-electron chi connectivity index (χ4n) is 1.84. The standard InChI is InChI=1S/C17H26N2O4/c1-5-22-15-10-9-13(12-19-15)14(20)8-6-7-11-18-16(21)23-17(2,3)4/h9-10,12H,5-8,11H2,1-4H3,(H,18,21). The van der Waals surface area contributed by atoms with Gasteiger partial charge in [0.05, 0.1) is 6.61 Å². The van der Waals surface area contributed by atoms with E-state index in [4.69, 9.17) is 9.47 Å². The number of carbonyl (C=O) groups is 2. The van der Waals surface area contributed by atoms with E-state index in [2.05, 4.69) is 10.3 Å². The Labute approximate surface area is 137 Å². The van der Waals surface area contributed by atoms with Gasteiger partial charge < -0.3 is 14.8 Å². The Morgan fingerprint density at radius 2 is 1.96 bits per heavy atom. The molecule has 0 spiro atoms. The fraction of sp³-hybridized carbons (Fsp3) is 0.588. The first-order valence-corrected chi connectivity index (χ1v) is 7.90. The molecular formula is C17H26N2O4. The zero-order chi connectivity index (χ0) is 17.3. The van der Waals surface area contributed by atoms with Crippen molar-refractivity contribution in [2.45, 2.75) is 52.6 Å². The molecule has 128 valence electrons. The number of hydrogen-bond donors (Lipinski definition) is 1. The van der Waals surface area contributed by atoms with Gasteiger partial charge in [0.2, 0.25) is 5.88 Å². The number of ether oxygens (including phenoxy) is 2. The highest BCUT2D eigenvalue weighted by atomic mass is 16.6. The normalized spacial score (nSPS) is 11.0. The average molecular weight is 322 g/mol. The van der Waals surface area contributed by atoms with Crippen molar-refractivity contribution in [1.29, 1.82) is 0 Å². The molecule has 0 aliphatic rings. The molecule has 0 unspecified atom stereocenters. The van der Waals surface area contributed by atoms with Crippen LogP contribution in [0.2, 0.25) is 0 Å². The highest BCUT2D eigenvalue weighted by Gasteiger charge is 2.15. The van der Waals surface area contributed by atoms with E-state index in [9.17, 15) is 9.59 Å². The molecule has 1 aromatic rings. The molecule has 6 nitrogen and oxygen atoms in total. The Kier molecular flexibility index (Phi) is 7.51. The van der Waals surface area contributed by atoms with Crippen molar-refractivity contribution < 1.29 is 19.1 Å². The monoisotopic (exact) mass is 322 g/mol. The van der Waals surface area contributed by atoms with E-state index in [1.165, 1.54) is 6.20 Å². The van der Waals surface area contributed by atoms with E-state index < -0.39 is 11.7 Å². The molecular weight excluding hydrogens is 296 g/mol. The quantitative estimate of drug-likeness (QED) is 0.586. The molecule has 6 heteroatoms. The summed E-state index contributed by atoms with van der Waals surface area (Å²) in [4.78, 5) is 27.5. The van der Waals surface area contributed by atoms with Crippen molar-refractivity contribution in [1.82, 2.24) is 10.3 Å². The molecule has 1 amide bonds. The summed E-state index contributed by atoms with van der Waals surface area (Å²) in [6.07, 6.45) is 2.94. The third-order valence-corrected chi connectivity index (χ3v) is 2.85. The summed E-state index contributed by atoms with van der Waals surface area (Å²) in [7, 11) is 0. The van der Waals surface area contributed by atoms with E-state index in [0.717, 1.165) is 6.42 Å². The van der Waals surface area contributed by atoms with Crippen LogP contribution in [0.1, 0.15) is 57.3 Å². The maximum Gasteiger partial charge on any atom is 0.407 e. The molecule has 0 radical (unpaired) electrons. The zero-order valence-electron chi connectivity index (χ0n) is 14.3. The van der Waals surface area contributed by atoms with Gasteiger partial charge >= 0.3 is 6.09 Å². The number of alkyl carbamates (subject to hydrolysis) is 1. The number of unbranched alkanes of at least 4 members (excludes halogenated alkanes) is 1. The molecule has 0 fully saturated rings.